The van der Waals surface area contributed by atoms with Gasteiger partial charge in [0.05, 0.1) is 6.54 Å². The zero-order valence-electron chi connectivity index (χ0n) is 10.1. The normalized spacial score (nSPS) is 9.06. The standard InChI is InChI=1S/C12H21N2.2H2O/c1-3-5-6-7-9-14-11-10-13(12-14)8-4-2;;/h4,10-12H,2-3,5-9H2,1H3;2*1H2/q+1;;/p-1. The topological polar surface area (TPSA) is 70.3 Å². The average Bonchev–Trinajstić information content (AvgIpc) is 2.61. The predicted molar refractivity (Wildman–Crippen MR) is 64.5 cm³/mol. The van der Waals surface area contributed by atoms with E-state index in [2.05, 4.69) is 41.4 Å². The van der Waals surface area contributed by atoms with Crippen LogP contribution in [0, 0.1) is 0 Å². The van der Waals surface area contributed by atoms with Gasteiger partial charge in [0, 0.05) is 0 Å². The first-order chi connectivity index (χ1) is 6.86. The second-order valence-electron chi connectivity index (χ2n) is 3.70. The Hall–Kier alpha value is -1.13. The van der Waals surface area contributed by atoms with Crippen LogP contribution >= 0.6 is 0 Å². The number of allylic oxidation sites excluding steroid dienone is 1. The lowest BCUT2D eigenvalue weighted by atomic mass is 10.2. The molecular weight excluding hydrogens is 204 g/mol. The summed E-state index contributed by atoms with van der Waals surface area (Å²) in [6.07, 6.45) is 13.6. The molecule has 1 aromatic heterocycles. The quantitative estimate of drug-likeness (QED) is 0.396. The fraction of sp³-hybridized carbons (Fsp3) is 0.583. The van der Waals surface area contributed by atoms with Crippen molar-refractivity contribution < 1.29 is 15.5 Å². The van der Waals surface area contributed by atoms with Crippen molar-refractivity contribution in [3.05, 3.63) is 31.4 Å². The van der Waals surface area contributed by atoms with E-state index in [9.17, 15) is 0 Å². The van der Waals surface area contributed by atoms with Gasteiger partial charge in [0.1, 0.15) is 18.9 Å². The van der Waals surface area contributed by atoms with E-state index >= 15 is 0 Å². The maximum Gasteiger partial charge on any atom is 0.244 e. The highest BCUT2D eigenvalue weighted by molar-refractivity contribution is 4.73. The number of unbranched alkanes of at least 4 members (excludes halogenated alkanes) is 3. The smallest absolute Gasteiger partial charge is 0.244 e. The second kappa shape index (κ2) is 10.4. The van der Waals surface area contributed by atoms with Crippen molar-refractivity contribution in [2.24, 2.45) is 0 Å². The zero-order chi connectivity index (χ0) is 10.2. The van der Waals surface area contributed by atoms with Crippen LogP contribution in [0.4, 0.5) is 0 Å². The molecular formula is C12H24N2O2. The fourth-order valence-electron chi connectivity index (χ4n) is 1.55. The fourth-order valence-corrected chi connectivity index (χ4v) is 1.55. The third-order valence-electron chi connectivity index (χ3n) is 2.36. The summed E-state index contributed by atoms with van der Waals surface area (Å²) in [6.45, 7) is 8.01. The summed E-state index contributed by atoms with van der Waals surface area (Å²) in [5.74, 6) is 0. The molecule has 1 aromatic rings. The van der Waals surface area contributed by atoms with E-state index in [1.54, 1.807) is 0 Å². The Bertz CT molecular complexity index is 272. The van der Waals surface area contributed by atoms with Crippen LogP contribution in [0.5, 0.6) is 0 Å². The molecule has 0 unspecified atom stereocenters. The van der Waals surface area contributed by atoms with Crippen molar-refractivity contribution >= 4 is 0 Å². The maximum absolute atomic E-state index is 3.72. The monoisotopic (exact) mass is 228 g/mol. The largest absolute Gasteiger partial charge is 0.870 e. The van der Waals surface area contributed by atoms with Gasteiger partial charge < -0.3 is 11.0 Å². The lowest BCUT2D eigenvalue weighted by Gasteiger charge is -1.95. The second-order valence-corrected chi connectivity index (χ2v) is 3.70. The highest BCUT2D eigenvalue weighted by atomic mass is 16.0. The first-order valence-corrected chi connectivity index (χ1v) is 5.52. The number of aryl methyl sites for hydroxylation is 1. The Labute approximate surface area is 97.8 Å². The van der Waals surface area contributed by atoms with Crippen LogP contribution in [0.15, 0.2) is 31.4 Å². The van der Waals surface area contributed by atoms with Crippen LogP contribution in [0.2, 0.25) is 0 Å². The van der Waals surface area contributed by atoms with Crippen LogP contribution < -0.4 is 4.57 Å². The molecule has 0 amide bonds. The molecule has 4 heteroatoms. The molecule has 0 fully saturated rings. The molecule has 1 rings (SSSR count). The van der Waals surface area contributed by atoms with Crippen molar-refractivity contribution in [3.8, 4) is 0 Å². The number of hydrogen-bond acceptors (Lipinski definition) is 1. The number of nitrogens with zero attached hydrogens (tertiary/aromatic N) is 2. The maximum atomic E-state index is 3.72. The molecule has 0 radical (unpaired) electrons. The summed E-state index contributed by atoms with van der Waals surface area (Å²) >= 11 is 0. The SMILES string of the molecule is C=CCn1cc[n+](CCCCCC)c1.O.[OH-]. The van der Waals surface area contributed by atoms with Gasteiger partial charge >= 0.3 is 0 Å². The van der Waals surface area contributed by atoms with Crippen LogP contribution in [0.3, 0.4) is 0 Å². The van der Waals surface area contributed by atoms with Crippen molar-refractivity contribution in [2.75, 3.05) is 0 Å². The molecule has 0 saturated heterocycles. The summed E-state index contributed by atoms with van der Waals surface area (Å²) in [5.41, 5.74) is 0. The van der Waals surface area contributed by atoms with E-state index in [4.69, 9.17) is 0 Å². The Morgan fingerprint density at radius 1 is 1.31 bits per heavy atom. The van der Waals surface area contributed by atoms with Gasteiger partial charge in [0.2, 0.25) is 6.33 Å². The zero-order valence-corrected chi connectivity index (χ0v) is 10.1. The lowest BCUT2D eigenvalue weighted by Crippen LogP contribution is -2.30. The van der Waals surface area contributed by atoms with Gasteiger partial charge in [0.15, 0.2) is 0 Å². The number of aromatic nitrogens is 2. The van der Waals surface area contributed by atoms with E-state index < -0.39 is 0 Å². The van der Waals surface area contributed by atoms with E-state index in [0.29, 0.717) is 0 Å². The number of rotatable bonds is 7. The van der Waals surface area contributed by atoms with Gasteiger partial charge in [-0.25, -0.2) is 9.13 Å². The predicted octanol–water partition coefficient (Wildman–Crippen LogP) is 1.54. The molecule has 16 heavy (non-hydrogen) atoms. The number of imidazole rings is 1. The van der Waals surface area contributed by atoms with Crippen molar-refractivity contribution in [1.29, 1.82) is 0 Å². The number of hydrogen-bond donors (Lipinski definition) is 0. The molecule has 94 valence electrons. The molecule has 0 spiro atoms. The minimum absolute atomic E-state index is 0. The molecule has 4 nitrogen and oxygen atoms in total. The third kappa shape index (κ3) is 6.37. The van der Waals surface area contributed by atoms with E-state index in [1.807, 2.05) is 6.08 Å². The molecule has 0 aliphatic rings. The van der Waals surface area contributed by atoms with Gasteiger partial charge in [-0.2, -0.15) is 0 Å². The molecule has 3 N–H and O–H groups in total. The first kappa shape index (κ1) is 17.3. The molecule has 0 aromatic carbocycles. The molecule has 0 aliphatic heterocycles. The summed E-state index contributed by atoms with van der Waals surface area (Å²) in [7, 11) is 0. The van der Waals surface area contributed by atoms with Crippen molar-refractivity contribution in [2.45, 2.75) is 45.7 Å². The van der Waals surface area contributed by atoms with Crippen molar-refractivity contribution in [3.63, 3.8) is 0 Å². The summed E-state index contributed by atoms with van der Waals surface area (Å²) in [6, 6.07) is 0. The molecule has 0 bridgehead atoms. The molecule has 0 saturated carbocycles. The van der Waals surface area contributed by atoms with Crippen LogP contribution in [-0.2, 0) is 13.1 Å². The van der Waals surface area contributed by atoms with Crippen LogP contribution in [-0.4, -0.2) is 15.5 Å². The molecule has 0 atom stereocenters. The average molecular weight is 228 g/mol. The van der Waals surface area contributed by atoms with Gasteiger partial charge in [0.25, 0.3) is 0 Å². The van der Waals surface area contributed by atoms with E-state index in [-0.39, 0.29) is 11.0 Å². The Morgan fingerprint density at radius 3 is 2.69 bits per heavy atom. The Kier molecular flexibility index (Phi) is 11.2. The van der Waals surface area contributed by atoms with Gasteiger partial charge in [-0.3, -0.25) is 0 Å². The van der Waals surface area contributed by atoms with E-state index in [0.717, 1.165) is 13.1 Å². The molecule has 0 aliphatic carbocycles. The first-order valence-electron chi connectivity index (χ1n) is 5.52. The Balaban J connectivity index is 0. The van der Waals surface area contributed by atoms with Crippen LogP contribution in [0.25, 0.3) is 0 Å². The van der Waals surface area contributed by atoms with Gasteiger partial charge in [-0.1, -0.05) is 32.4 Å². The Morgan fingerprint density at radius 2 is 2.06 bits per heavy atom. The molecule has 1 heterocycles. The lowest BCUT2D eigenvalue weighted by molar-refractivity contribution is -0.696. The van der Waals surface area contributed by atoms with Gasteiger partial charge in [-0.15, -0.1) is 0 Å². The highest BCUT2D eigenvalue weighted by Gasteiger charge is 2.00. The van der Waals surface area contributed by atoms with E-state index in [1.165, 1.54) is 25.7 Å². The van der Waals surface area contributed by atoms with Crippen LogP contribution in [0.1, 0.15) is 32.6 Å². The highest BCUT2D eigenvalue weighted by Crippen LogP contribution is 1.98. The summed E-state index contributed by atoms with van der Waals surface area (Å²) in [4.78, 5) is 0. The summed E-state index contributed by atoms with van der Waals surface area (Å²) < 4.78 is 4.39. The minimum atomic E-state index is 0. The van der Waals surface area contributed by atoms with Gasteiger partial charge in [-0.05, 0) is 12.8 Å². The summed E-state index contributed by atoms with van der Waals surface area (Å²) in [5, 5.41) is 0. The third-order valence-corrected chi connectivity index (χ3v) is 2.36. The van der Waals surface area contributed by atoms with Crippen molar-refractivity contribution in [1.82, 2.24) is 4.57 Å². The minimum Gasteiger partial charge on any atom is -0.870 e.